The summed E-state index contributed by atoms with van der Waals surface area (Å²) in [4.78, 5) is 14.6. The predicted molar refractivity (Wildman–Crippen MR) is 112 cm³/mol. The molecule has 0 N–H and O–H groups in total. The fourth-order valence-electron chi connectivity index (χ4n) is 3.88. The summed E-state index contributed by atoms with van der Waals surface area (Å²) >= 11 is 0. The van der Waals surface area contributed by atoms with Crippen LogP contribution in [0.5, 0.6) is 11.5 Å². The number of carbonyl (C=O) groups excluding carboxylic acids is 1. The third kappa shape index (κ3) is 5.75. The van der Waals surface area contributed by atoms with E-state index >= 15 is 0 Å². The summed E-state index contributed by atoms with van der Waals surface area (Å²) in [5.41, 5.74) is 2.61. The summed E-state index contributed by atoms with van der Waals surface area (Å²) in [6, 6.07) is 16.5. The van der Waals surface area contributed by atoms with E-state index in [1.54, 1.807) is 14.2 Å². The van der Waals surface area contributed by atoms with Crippen LogP contribution in [0.1, 0.15) is 36.8 Å². The number of amides is 1. The molecule has 4 nitrogen and oxygen atoms in total. The van der Waals surface area contributed by atoms with Crippen molar-refractivity contribution in [2.24, 2.45) is 5.92 Å². The van der Waals surface area contributed by atoms with Gasteiger partial charge in [-0.25, -0.2) is 0 Å². The normalized spacial score (nSPS) is 14.7. The van der Waals surface area contributed by atoms with Crippen molar-refractivity contribution >= 4 is 5.91 Å². The largest absolute Gasteiger partial charge is 0.497 e. The summed E-state index contributed by atoms with van der Waals surface area (Å²) < 4.78 is 10.4. The van der Waals surface area contributed by atoms with Crippen LogP contribution in [0, 0.1) is 5.92 Å². The van der Waals surface area contributed by atoms with E-state index in [-0.39, 0.29) is 0 Å². The van der Waals surface area contributed by atoms with E-state index in [1.807, 2.05) is 24.3 Å². The van der Waals surface area contributed by atoms with Crippen molar-refractivity contribution in [2.45, 2.75) is 38.5 Å². The minimum atomic E-state index is 0.302. The summed E-state index contributed by atoms with van der Waals surface area (Å²) in [7, 11) is 3.37. The molecule has 3 rings (SSSR count). The molecule has 0 spiro atoms. The van der Waals surface area contributed by atoms with Crippen LogP contribution in [0.15, 0.2) is 48.5 Å². The first kappa shape index (κ1) is 20.2. The van der Waals surface area contributed by atoms with Gasteiger partial charge in [-0.1, -0.05) is 24.3 Å². The molecule has 1 fully saturated rings. The Labute approximate surface area is 168 Å². The molecule has 0 unspecified atom stereocenters. The van der Waals surface area contributed by atoms with Gasteiger partial charge in [-0.05, 0) is 73.4 Å². The van der Waals surface area contributed by atoms with Crippen molar-refractivity contribution in [1.82, 2.24) is 4.90 Å². The van der Waals surface area contributed by atoms with Gasteiger partial charge in [0.05, 0.1) is 14.2 Å². The highest BCUT2D eigenvalue weighted by atomic mass is 16.5. The number of carbonyl (C=O) groups is 1. The van der Waals surface area contributed by atoms with Crippen LogP contribution < -0.4 is 9.47 Å². The minimum absolute atomic E-state index is 0.302. The van der Waals surface area contributed by atoms with Gasteiger partial charge in [-0.15, -0.1) is 0 Å². The van der Waals surface area contributed by atoms with E-state index < -0.39 is 0 Å². The SMILES string of the molecule is COc1ccc(CCCC(=O)N2CCC(Cc3ccc(OC)cc3)CC2)cc1. The van der Waals surface area contributed by atoms with Gasteiger partial charge in [0.1, 0.15) is 11.5 Å². The van der Waals surface area contributed by atoms with Crippen molar-refractivity contribution in [3.05, 3.63) is 59.7 Å². The smallest absolute Gasteiger partial charge is 0.222 e. The number of rotatable bonds is 8. The Kier molecular flexibility index (Phi) is 7.35. The molecule has 0 bridgehead atoms. The van der Waals surface area contributed by atoms with E-state index in [4.69, 9.17) is 9.47 Å². The quantitative estimate of drug-likeness (QED) is 0.675. The van der Waals surface area contributed by atoms with Gasteiger partial charge in [-0.2, -0.15) is 0 Å². The lowest BCUT2D eigenvalue weighted by Gasteiger charge is -2.32. The summed E-state index contributed by atoms with van der Waals surface area (Å²) in [6.07, 6.45) is 5.74. The van der Waals surface area contributed by atoms with Gasteiger partial charge < -0.3 is 14.4 Å². The molecule has 28 heavy (non-hydrogen) atoms. The molecule has 4 heteroatoms. The zero-order valence-electron chi connectivity index (χ0n) is 17.0. The topological polar surface area (TPSA) is 38.8 Å². The van der Waals surface area contributed by atoms with E-state index in [9.17, 15) is 4.79 Å². The van der Waals surface area contributed by atoms with Crippen molar-refractivity contribution in [3.8, 4) is 11.5 Å². The van der Waals surface area contributed by atoms with Crippen LogP contribution in [-0.4, -0.2) is 38.1 Å². The number of aryl methyl sites for hydroxylation is 1. The Morgan fingerprint density at radius 1 is 0.893 bits per heavy atom. The highest BCUT2D eigenvalue weighted by molar-refractivity contribution is 5.76. The van der Waals surface area contributed by atoms with Crippen LogP contribution in [0.4, 0.5) is 0 Å². The van der Waals surface area contributed by atoms with Crippen molar-refractivity contribution in [3.63, 3.8) is 0 Å². The highest BCUT2D eigenvalue weighted by Gasteiger charge is 2.22. The number of likely N-dealkylation sites (tertiary alicyclic amines) is 1. The number of ether oxygens (including phenoxy) is 2. The highest BCUT2D eigenvalue weighted by Crippen LogP contribution is 2.23. The van der Waals surface area contributed by atoms with Crippen molar-refractivity contribution < 1.29 is 14.3 Å². The molecule has 1 amide bonds. The second kappa shape index (κ2) is 10.2. The molecule has 1 aliphatic heterocycles. The maximum absolute atomic E-state index is 12.5. The Morgan fingerprint density at radius 2 is 1.43 bits per heavy atom. The van der Waals surface area contributed by atoms with Crippen molar-refractivity contribution in [1.29, 1.82) is 0 Å². The molecule has 0 radical (unpaired) electrons. The maximum atomic E-state index is 12.5. The monoisotopic (exact) mass is 381 g/mol. The summed E-state index contributed by atoms with van der Waals surface area (Å²) in [6.45, 7) is 1.78. The van der Waals surface area contributed by atoms with Crippen molar-refractivity contribution in [2.75, 3.05) is 27.3 Å². The Morgan fingerprint density at radius 3 is 1.96 bits per heavy atom. The lowest BCUT2D eigenvalue weighted by atomic mass is 9.90. The molecule has 1 aliphatic rings. The van der Waals surface area contributed by atoms with E-state index in [1.165, 1.54) is 11.1 Å². The first-order valence-electron chi connectivity index (χ1n) is 10.2. The Bertz CT molecular complexity index is 731. The van der Waals surface area contributed by atoms with Gasteiger partial charge in [-0.3, -0.25) is 4.79 Å². The standard InChI is InChI=1S/C24H31NO3/c1-27-22-10-6-19(7-11-22)4-3-5-24(26)25-16-14-21(15-17-25)18-20-8-12-23(28-2)13-9-20/h6-13,21H,3-5,14-18H2,1-2H3. The molecular formula is C24H31NO3. The van der Waals surface area contributed by atoms with Gasteiger partial charge >= 0.3 is 0 Å². The second-order valence-electron chi connectivity index (χ2n) is 7.58. The fraction of sp³-hybridized carbons (Fsp3) is 0.458. The number of benzene rings is 2. The minimum Gasteiger partial charge on any atom is -0.497 e. The predicted octanol–water partition coefficient (Wildman–Crippen LogP) is 4.51. The van der Waals surface area contributed by atoms with Crippen LogP contribution in [0.2, 0.25) is 0 Å². The van der Waals surface area contributed by atoms with Gasteiger partial charge in [0.25, 0.3) is 0 Å². The average molecular weight is 382 g/mol. The lowest BCUT2D eigenvalue weighted by molar-refractivity contribution is -0.132. The molecule has 2 aromatic rings. The number of nitrogens with zero attached hydrogens (tertiary/aromatic N) is 1. The third-order valence-electron chi connectivity index (χ3n) is 5.67. The number of hydrogen-bond donors (Lipinski definition) is 0. The summed E-state index contributed by atoms with van der Waals surface area (Å²) in [5, 5.41) is 0. The fourth-order valence-corrected chi connectivity index (χ4v) is 3.88. The zero-order chi connectivity index (χ0) is 19.8. The average Bonchev–Trinajstić information content (AvgIpc) is 2.75. The van der Waals surface area contributed by atoms with Crippen LogP contribution in [0.25, 0.3) is 0 Å². The van der Waals surface area contributed by atoms with Gasteiger partial charge in [0.15, 0.2) is 0 Å². The number of methoxy groups -OCH3 is 2. The molecule has 150 valence electrons. The van der Waals surface area contributed by atoms with E-state index in [2.05, 4.69) is 29.2 Å². The van der Waals surface area contributed by atoms with E-state index in [0.29, 0.717) is 18.2 Å². The second-order valence-corrected chi connectivity index (χ2v) is 7.58. The molecular weight excluding hydrogens is 350 g/mol. The molecule has 0 atom stereocenters. The first-order valence-corrected chi connectivity index (χ1v) is 10.2. The third-order valence-corrected chi connectivity index (χ3v) is 5.67. The molecule has 2 aromatic carbocycles. The number of piperidine rings is 1. The Hall–Kier alpha value is -2.49. The van der Waals surface area contributed by atoms with Gasteiger partial charge in [0, 0.05) is 19.5 Å². The molecule has 0 saturated carbocycles. The van der Waals surface area contributed by atoms with Crippen LogP contribution >= 0.6 is 0 Å². The Balaban J connectivity index is 1.37. The lowest BCUT2D eigenvalue weighted by Crippen LogP contribution is -2.38. The molecule has 1 heterocycles. The summed E-state index contributed by atoms with van der Waals surface area (Å²) in [5.74, 6) is 2.74. The van der Waals surface area contributed by atoms with E-state index in [0.717, 1.165) is 56.7 Å². The van der Waals surface area contributed by atoms with Crippen LogP contribution in [-0.2, 0) is 17.6 Å². The molecule has 0 aromatic heterocycles. The molecule has 0 aliphatic carbocycles. The van der Waals surface area contributed by atoms with Gasteiger partial charge in [0.2, 0.25) is 5.91 Å². The maximum Gasteiger partial charge on any atom is 0.222 e. The first-order chi connectivity index (χ1) is 13.7. The zero-order valence-corrected chi connectivity index (χ0v) is 17.0. The number of hydrogen-bond acceptors (Lipinski definition) is 3. The molecule has 1 saturated heterocycles. The van der Waals surface area contributed by atoms with Crippen LogP contribution in [0.3, 0.4) is 0 Å².